The molecule has 0 bridgehead atoms. The Labute approximate surface area is 117 Å². The van der Waals surface area contributed by atoms with Gasteiger partial charge < -0.3 is 4.43 Å². The molecule has 0 aromatic heterocycles. The zero-order valence-electron chi connectivity index (χ0n) is 12.6. The van der Waals surface area contributed by atoms with Crippen molar-refractivity contribution in [1.29, 1.82) is 0 Å². The maximum atomic E-state index is 12.1. The van der Waals surface area contributed by atoms with Gasteiger partial charge in [-0.2, -0.15) is 0 Å². The molecular weight excluding hydrogens is 252 g/mol. The minimum atomic E-state index is -2.36. The third-order valence-electron chi connectivity index (χ3n) is 3.55. The van der Waals surface area contributed by atoms with Crippen LogP contribution in [-0.4, -0.2) is 14.3 Å². The van der Waals surface area contributed by atoms with Gasteiger partial charge in [0, 0.05) is 5.57 Å². The number of rotatable bonds is 5. The number of hydrogen-bond donors (Lipinski definition) is 0. The van der Waals surface area contributed by atoms with Gasteiger partial charge in [0.15, 0.2) is 0 Å². The molecule has 1 aromatic carbocycles. The van der Waals surface area contributed by atoms with Gasteiger partial charge in [0.05, 0.1) is 0 Å². The fourth-order valence-corrected chi connectivity index (χ4v) is 7.02. The largest absolute Gasteiger partial charge is 0.511 e. The van der Waals surface area contributed by atoms with Crippen LogP contribution < -0.4 is 5.19 Å². The molecule has 0 radical (unpaired) electrons. The van der Waals surface area contributed by atoms with E-state index in [2.05, 4.69) is 46.4 Å². The van der Waals surface area contributed by atoms with Gasteiger partial charge in [-0.1, -0.05) is 64.6 Å². The smallest absolute Gasteiger partial charge is 0.320 e. The fraction of sp³-hybridized carbons (Fsp3) is 0.438. The second-order valence-electron chi connectivity index (χ2n) is 5.64. The normalized spacial score (nSPS) is 11.7. The minimum absolute atomic E-state index is 0.266. The summed E-state index contributed by atoms with van der Waals surface area (Å²) >= 11 is 0. The fourth-order valence-electron chi connectivity index (χ4n) is 2.57. The van der Waals surface area contributed by atoms with Crippen molar-refractivity contribution in [3.8, 4) is 0 Å². The highest BCUT2D eigenvalue weighted by atomic mass is 28.4. The van der Waals surface area contributed by atoms with Crippen LogP contribution >= 0.6 is 0 Å². The molecule has 0 aliphatic carbocycles. The Hall–Kier alpha value is -1.35. The molecule has 0 spiro atoms. The first-order valence-corrected chi connectivity index (χ1v) is 8.83. The van der Waals surface area contributed by atoms with Gasteiger partial charge in [0.2, 0.25) is 0 Å². The SMILES string of the molecule is C=C(C)C(=O)O[Si](c1ccccc1)(C(C)C)C(C)C. The van der Waals surface area contributed by atoms with Gasteiger partial charge in [-0.25, -0.2) is 4.79 Å². The molecule has 1 aromatic rings. The number of benzene rings is 1. The molecule has 0 aliphatic heterocycles. The summed E-state index contributed by atoms with van der Waals surface area (Å²) in [6, 6.07) is 10.2. The molecular formula is C16H24O2Si. The van der Waals surface area contributed by atoms with Gasteiger partial charge in [-0.3, -0.25) is 0 Å². The standard InChI is InChI=1S/C16H24O2Si/c1-12(2)16(17)18-19(13(3)4,14(5)6)15-10-8-7-9-11-15/h7-11,13-14H,1H2,2-6H3. The highest BCUT2D eigenvalue weighted by Crippen LogP contribution is 2.33. The van der Waals surface area contributed by atoms with Crippen molar-refractivity contribution in [3.05, 3.63) is 42.5 Å². The van der Waals surface area contributed by atoms with Crippen LogP contribution in [0.15, 0.2) is 42.5 Å². The monoisotopic (exact) mass is 276 g/mol. The highest BCUT2D eigenvalue weighted by molar-refractivity contribution is 6.89. The summed E-state index contributed by atoms with van der Waals surface area (Å²) in [5, 5.41) is 1.18. The molecule has 1 rings (SSSR count). The van der Waals surface area contributed by atoms with Crippen molar-refractivity contribution < 1.29 is 9.22 Å². The molecule has 0 heterocycles. The number of hydrogen-bond acceptors (Lipinski definition) is 2. The van der Waals surface area contributed by atoms with E-state index in [0.717, 1.165) is 0 Å². The van der Waals surface area contributed by atoms with Crippen LogP contribution in [0.3, 0.4) is 0 Å². The van der Waals surface area contributed by atoms with E-state index in [1.807, 2.05) is 18.2 Å². The van der Waals surface area contributed by atoms with Gasteiger partial charge in [0.1, 0.15) is 0 Å². The summed E-state index contributed by atoms with van der Waals surface area (Å²) in [5.74, 6) is -0.266. The molecule has 0 amide bonds. The second kappa shape index (κ2) is 6.20. The maximum Gasteiger partial charge on any atom is 0.320 e. The molecule has 0 N–H and O–H groups in total. The van der Waals surface area contributed by atoms with E-state index in [1.54, 1.807) is 6.92 Å². The van der Waals surface area contributed by atoms with Crippen LogP contribution in [0.25, 0.3) is 0 Å². The van der Waals surface area contributed by atoms with E-state index in [0.29, 0.717) is 16.7 Å². The van der Waals surface area contributed by atoms with Gasteiger partial charge in [0.25, 0.3) is 8.32 Å². The quantitative estimate of drug-likeness (QED) is 0.604. The van der Waals surface area contributed by atoms with Crippen molar-refractivity contribution in [2.75, 3.05) is 0 Å². The van der Waals surface area contributed by atoms with Crippen molar-refractivity contribution in [1.82, 2.24) is 0 Å². The van der Waals surface area contributed by atoms with E-state index in [-0.39, 0.29) is 5.97 Å². The van der Waals surface area contributed by atoms with Crippen LogP contribution in [0.1, 0.15) is 34.6 Å². The van der Waals surface area contributed by atoms with Crippen LogP contribution in [0.5, 0.6) is 0 Å². The Bertz CT molecular complexity index is 441. The Morgan fingerprint density at radius 1 is 1.11 bits per heavy atom. The van der Waals surface area contributed by atoms with Crippen molar-refractivity contribution in [2.24, 2.45) is 0 Å². The van der Waals surface area contributed by atoms with E-state index in [9.17, 15) is 4.79 Å². The lowest BCUT2D eigenvalue weighted by molar-refractivity contribution is -0.131. The molecule has 0 saturated carbocycles. The lowest BCUT2D eigenvalue weighted by Gasteiger charge is -2.38. The molecule has 2 nitrogen and oxygen atoms in total. The average Bonchev–Trinajstić information content (AvgIpc) is 2.35. The Morgan fingerprint density at radius 3 is 1.95 bits per heavy atom. The van der Waals surface area contributed by atoms with Gasteiger partial charge in [-0.05, 0) is 23.2 Å². The first-order chi connectivity index (χ1) is 8.82. The van der Waals surface area contributed by atoms with E-state index < -0.39 is 8.32 Å². The molecule has 0 aliphatic rings. The van der Waals surface area contributed by atoms with Crippen LogP contribution in [-0.2, 0) is 9.22 Å². The summed E-state index contributed by atoms with van der Waals surface area (Å²) in [6.07, 6.45) is 0. The first-order valence-electron chi connectivity index (χ1n) is 6.76. The Balaban J connectivity index is 3.31. The number of carbonyl (C=O) groups is 1. The van der Waals surface area contributed by atoms with Crippen LogP contribution in [0, 0.1) is 0 Å². The molecule has 104 valence electrons. The van der Waals surface area contributed by atoms with E-state index in [1.165, 1.54) is 5.19 Å². The van der Waals surface area contributed by atoms with Crippen LogP contribution in [0.4, 0.5) is 0 Å². The van der Waals surface area contributed by atoms with E-state index in [4.69, 9.17) is 4.43 Å². The summed E-state index contributed by atoms with van der Waals surface area (Å²) in [6.45, 7) is 14.0. The third kappa shape index (κ3) is 3.15. The second-order valence-corrected chi connectivity index (χ2v) is 10.3. The maximum absolute atomic E-state index is 12.1. The lowest BCUT2D eigenvalue weighted by atomic mass is 10.4. The Morgan fingerprint density at radius 2 is 1.58 bits per heavy atom. The zero-order valence-corrected chi connectivity index (χ0v) is 13.6. The van der Waals surface area contributed by atoms with E-state index >= 15 is 0 Å². The van der Waals surface area contributed by atoms with Gasteiger partial charge in [-0.15, -0.1) is 0 Å². The molecule has 0 fully saturated rings. The molecule has 0 atom stereocenters. The van der Waals surface area contributed by atoms with Crippen molar-refractivity contribution in [3.63, 3.8) is 0 Å². The first kappa shape index (κ1) is 15.7. The summed E-state index contributed by atoms with van der Waals surface area (Å²) < 4.78 is 6.01. The van der Waals surface area contributed by atoms with Gasteiger partial charge >= 0.3 is 5.97 Å². The average molecular weight is 276 g/mol. The topological polar surface area (TPSA) is 26.3 Å². The summed E-state index contributed by atoms with van der Waals surface area (Å²) in [5.41, 5.74) is 1.10. The molecule has 0 saturated heterocycles. The van der Waals surface area contributed by atoms with Crippen molar-refractivity contribution in [2.45, 2.75) is 45.7 Å². The van der Waals surface area contributed by atoms with Crippen molar-refractivity contribution >= 4 is 19.5 Å². The molecule has 0 unspecified atom stereocenters. The molecule has 3 heteroatoms. The number of carbonyl (C=O) groups excluding carboxylic acids is 1. The zero-order chi connectivity index (χ0) is 14.6. The summed E-state index contributed by atoms with van der Waals surface area (Å²) in [7, 11) is -2.36. The third-order valence-corrected chi connectivity index (χ3v) is 8.74. The summed E-state index contributed by atoms with van der Waals surface area (Å²) in [4.78, 5) is 12.1. The minimum Gasteiger partial charge on any atom is -0.511 e. The predicted molar refractivity (Wildman–Crippen MR) is 82.9 cm³/mol. The van der Waals surface area contributed by atoms with Crippen LogP contribution in [0.2, 0.25) is 11.1 Å². The Kier molecular flexibility index (Phi) is 5.12. The molecule has 19 heavy (non-hydrogen) atoms. The lowest BCUT2D eigenvalue weighted by Crippen LogP contribution is -2.57. The highest BCUT2D eigenvalue weighted by Gasteiger charge is 2.47. The predicted octanol–water partition coefficient (Wildman–Crippen LogP) is 3.78.